The molecule has 3 saturated heterocycles. The molecule has 4 nitrogen and oxygen atoms in total. The molecule has 0 amide bonds. The Hall–Kier alpha value is -1.60. The second-order valence-corrected chi connectivity index (χ2v) is 11.8. The van der Waals surface area contributed by atoms with Gasteiger partial charge in [-0.15, -0.1) is 11.8 Å². The molecule has 35 heavy (non-hydrogen) atoms. The first-order valence-corrected chi connectivity index (χ1v) is 13.9. The zero-order chi connectivity index (χ0) is 23.0. The lowest BCUT2D eigenvalue weighted by molar-refractivity contribution is -0.959. The average molecular weight is 556 g/mol. The fraction of sp³-hybridized carbons (Fsp3) is 0.483. The third kappa shape index (κ3) is 4.87. The summed E-state index contributed by atoms with van der Waals surface area (Å²) in [7, 11) is 0. The van der Waals surface area contributed by atoms with Crippen LogP contribution in [-0.2, 0) is 12.1 Å². The topological polar surface area (TPSA) is 46.3 Å². The Morgan fingerprint density at radius 3 is 2.31 bits per heavy atom. The van der Waals surface area contributed by atoms with Crippen molar-refractivity contribution in [3.8, 4) is 0 Å². The molecule has 3 aliphatic heterocycles. The van der Waals surface area contributed by atoms with Crippen LogP contribution in [-0.4, -0.2) is 40.0 Å². The number of aliphatic hydroxyl groups is 1. The van der Waals surface area contributed by atoms with Gasteiger partial charge in [-0.25, -0.2) is 4.98 Å². The summed E-state index contributed by atoms with van der Waals surface area (Å²) in [5, 5.41) is 11.9. The molecule has 1 N–H and O–H groups in total. The van der Waals surface area contributed by atoms with Crippen LogP contribution in [0.5, 0.6) is 0 Å². The normalized spacial score (nSPS) is 27.6. The number of fused-ring (bicyclic) bond motifs is 3. The van der Waals surface area contributed by atoms with E-state index in [0.717, 1.165) is 53.4 Å². The van der Waals surface area contributed by atoms with Crippen LogP contribution in [0.2, 0.25) is 0 Å². The first-order chi connectivity index (χ1) is 16.6. The highest BCUT2D eigenvalue weighted by molar-refractivity contribution is 7.99. The standard InChI is InChI=1S/C29H35N2O2S.BrH/c32-29(25-10-7-11-25,24-8-3-1-4-9-24)28-30-18-26(33-28)20-31-16-14-22(15-17-31)23(19-31)21-34-27-12-5-2-6-13-27;/h1-6,8-9,12-13,18,22-23,25,32H,7,10-11,14-17,19-21H2;1H/q+1;/p-1. The van der Waals surface area contributed by atoms with Gasteiger partial charge in [-0.05, 0) is 36.5 Å². The Balaban J connectivity index is 0.00000253. The molecule has 1 aromatic heterocycles. The maximum atomic E-state index is 11.9. The molecule has 2 bridgehead atoms. The van der Waals surface area contributed by atoms with Gasteiger partial charge in [-0.3, -0.25) is 0 Å². The second kappa shape index (κ2) is 10.4. The van der Waals surface area contributed by atoms with Crippen molar-refractivity contribution in [2.45, 2.75) is 49.1 Å². The van der Waals surface area contributed by atoms with E-state index in [0.29, 0.717) is 5.89 Å². The molecular formula is C29H35BrN2O2S. The third-order valence-corrected chi connectivity index (χ3v) is 9.93. The number of oxazole rings is 1. The minimum Gasteiger partial charge on any atom is -1.00 e. The van der Waals surface area contributed by atoms with Crippen LogP contribution in [0, 0.1) is 17.8 Å². The Morgan fingerprint density at radius 1 is 0.971 bits per heavy atom. The summed E-state index contributed by atoms with van der Waals surface area (Å²) in [6, 6.07) is 20.8. The van der Waals surface area contributed by atoms with Crippen LogP contribution in [0.3, 0.4) is 0 Å². The fourth-order valence-corrected chi connectivity index (χ4v) is 7.64. The van der Waals surface area contributed by atoms with E-state index in [9.17, 15) is 5.11 Å². The first-order valence-electron chi connectivity index (χ1n) is 12.9. The predicted molar refractivity (Wildman–Crippen MR) is 135 cm³/mol. The number of aromatic nitrogens is 1. The molecule has 0 spiro atoms. The van der Waals surface area contributed by atoms with Crippen LogP contribution in [0.4, 0.5) is 0 Å². The van der Waals surface area contributed by atoms with E-state index < -0.39 is 5.60 Å². The molecule has 1 aliphatic carbocycles. The van der Waals surface area contributed by atoms with Crippen LogP contribution in [0.25, 0.3) is 0 Å². The smallest absolute Gasteiger partial charge is 0.231 e. The summed E-state index contributed by atoms with van der Waals surface area (Å²) in [5.74, 6) is 4.41. The molecule has 2 unspecified atom stereocenters. The van der Waals surface area contributed by atoms with Crippen LogP contribution in [0.1, 0.15) is 49.3 Å². The van der Waals surface area contributed by atoms with E-state index in [-0.39, 0.29) is 22.9 Å². The van der Waals surface area contributed by atoms with Gasteiger partial charge < -0.3 is 31.0 Å². The molecule has 0 radical (unpaired) electrons. The number of hydrogen-bond donors (Lipinski definition) is 1. The van der Waals surface area contributed by atoms with E-state index >= 15 is 0 Å². The number of rotatable bonds is 8. The van der Waals surface area contributed by atoms with Crippen LogP contribution >= 0.6 is 11.8 Å². The van der Waals surface area contributed by atoms with Crippen molar-refractivity contribution in [2.24, 2.45) is 17.8 Å². The summed E-state index contributed by atoms with van der Waals surface area (Å²) in [6.07, 6.45) is 7.73. The highest BCUT2D eigenvalue weighted by Gasteiger charge is 2.49. The maximum Gasteiger partial charge on any atom is 0.231 e. The van der Waals surface area contributed by atoms with Crippen molar-refractivity contribution >= 4 is 11.8 Å². The largest absolute Gasteiger partial charge is 1.00 e. The number of thioether (sulfide) groups is 1. The first kappa shape index (κ1) is 25.1. The van der Waals surface area contributed by atoms with Crippen molar-refractivity contribution in [3.05, 3.63) is 84.1 Å². The second-order valence-electron chi connectivity index (χ2n) is 10.7. The Kier molecular flexibility index (Phi) is 7.45. The molecule has 1 saturated carbocycles. The van der Waals surface area contributed by atoms with Gasteiger partial charge in [-0.2, -0.15) is 0 Å². The summed E-state index contributed by atoms with van der Waals surface area (Å²) >= 11 is 2.01. The monoisotopic (exact) mass is 554 g/mol. The Bertz CT molecular complexity index is 1100. The number of quaternary nitrogens is 1. The van der Waals surface area contributed by atoms with Crippen LogP contribution in [0.15, 0.2) is 76.2 Å². The maximum absolute atomic E-state index is 11.9. The van der Waals surface area contributed by atoms with E-state index in [4.69, 9.17) is 4.42 Å². The minimum absolute atomic E-state index is 0. The van der Waals surface area contributed by atoms with Gasteiger partial charge in [-0.1, -0.05) is 55.0 Å². The van der Waals surface area contributed by atoms with Crippen molar-refractivity contribution < 1.29 is 31.0 Å². The molecule has 7 rings (SSSR count). The molecule has 2 atom stereocenters. The van der Waals surface area contributed by atoms with E-state index in [1.54, 1.807) is 0 Å². The van der Waals surface area contributed by atoms with Gasteiger partial charge in [0.05, 0.1) is 25.8 Å². The highest BCUT2D eigenvalue weighted by atomic mass is 79.9. The molecule has 6 heteroatoms. The fourth-order valence-electron chi connectivity index (χ4n) is 6.51. The summed E-state index contributed by atoms with van der Waals surface area (Å²) in [5.41, 5.74) is -0.224. The summed E-state index contributed by atoms with van der Waals surface area (Å²) < 4.78 is 7.50. The van der Waals surface area contributed by atoms with E-state index in [1.807, 2.05) is 48.3 Å². The van der Waals surface area contributed by atoms with Crippen molar-refractivity contribution in [1.82, 2.24) is 4.98 Å². The van der Waals surface area contributed by atoms with Crippen molar-refractivity contribution in [1.29, 1.82) is 0 Å². The predicted octanol–water partition coefficient (Wildman–Crippen LogP) is 2.86. The zero-order valence-corrected chi connectivity index (χ0v) is 22.6. The molecule has 186 valence electrons. The number of nitrogens with zero attached hydrogens (tertiary/aromatic N) is 2. The number of benzene rings is 2. The van der Waals surface area contributed by atoms with E-state index in [2.05, 4.69) is 35.3 Å². The van der Waals surface area contributed by atoms with Crippen LogP contribution < -0.4 is 17.0 Å². The van der Waals surface area contributed by atoms with Gasteiger partial charge in [0.2, 0.25) is 5.89 Å². The van der Waals surface area contributed by atoms with E-state index in [1.165, 1.54) is 43.1 Å². The molecule has 3 aromatic rings. The number of hydrogen-bond acceptors (Lipinski definition) is 4. The molecule has 4 aliphatic rings. The quantitative estimate of drug-likeness (QED) is 0.343. The van der Waals surface area contributed by atoms with Gasteiger partial charge in [0.25, 0.3) is 0 Å². The van der Waals surface area contributed by atoms with Crippen molar-refractivity contribution in [3.63, 3.8) is 0 Å². The van der Waals surface area contributed by atoms with Crippen molar-refractivity contribution in [2.75, 3.05) is 25.4 Å². The molecule has 4 heterocycles. The van der Waals surface area contributed by atoms with Gasteiger partial charge in [0.1, 0.15) is 6.54 Å². The minimum atomic E-state index is -1.12. The summed E-state index contributed by atoms with van der Waals surface area (Å²) in [4.78, 5) is 6.05. The highest BCUT2D eigenvalue weighted by Crippen LogP contribution is 2.47. The molecule has 2 aromatic carbocycles. The average Bonchev–Trinajstić information content (AvgIpc) is 3.32. The lowest BCUT2D eigenvalue weighted by Gasteiger charge is -2.52. The third-order valence-electron chi connectivity index (χ3n) is 8.72. The number of halogens is 1. The Labute approximate surface area is 223 Å². The van der Waals surface area contributed by atoms with Gasteiger partial charge in [0.15, 0.2) is 11.4 Å². The number of piperidine rings is 3. The van der Waals surface area contributed by atoms with Gasteiger partial charge >= 0.3 is 0 Å². The van der Waals surface area contributed by atoms with Gasteiger partial charge in [0, 0.05) is 35.3 Å². The lowest BCUT2D eigenvalue weighted by atomic mass is 9.69. The molecule has 4 fully saturated rings. The summed E-state index contributed by atoms with van der Waals surface area (Å²) in [6.45, 7) is 4.59. The SMILES string of the molecule is OC(c1ccccc1)(c1ncc(C[N+]23CCC(CC2)C(CSc2ccccc2)C3)o1)C1CCC1.[Br-]. The zero-order valence-electron chi connectivity index (χ0n) is 20.2. The Morgan fingerprint density at radius 2 is 1.66 bits per heavy atom. The molecular weight excluding hydrogens is 520 g/mol. The lowest BCUT2D eigenvalue weighted by Crippen LogP contribution is -3.00.